The molecule has 4 heteroatoms. The Bertz CT molecular complexity index is 317. The molecule has 1 rings (SSSR count). The Labute approximate surface area is 123 Å². The van der Waals surface area contributed by atoms with E-state index in [-0.39, 0.29) is 11.5 Å². The standard InChI is InChI=1S/C16H31NO3/c1-5-11-17-16(14(18)19)10-7-8-13(16)9-12-20-15(3,4)6-2/h13,17H,5-12H2,1-4H3,(H,18,19). The summed E-state index contributed by atoms with van der Waals surface area (Å²) in [6.45, 7) is 9.76. The van der Waals surface area contributed by atoms with Crippen LogP contribution in [-0.4, -0.2) is 35.4 Å². The molecule has 0 bridgehead atoms. The van der Waals surface area contributed by atoms with Crippen LogP contribution in [0.25, 0.3) is 0 Å². The molecule has 2 atom stereocenters. The van der Waals surface area contributed by atoms with E-state index in [1.54, 1.807) is 0 Å². The van der Waals surface area contributed by atoms with Gasteiger partial charge in [-0.05, 0) is 58.4 Å². The summed E-state index contributed by atoms with van der Waals surface area (Å²) in [5.41, 5.74) is -0.836. The molecule has 118 valence electrons. The second-order valence-electron chi connectivity index (χ2n) is 6.54. The first kappa shape index (κ1) is 17.4. The lowest BCUT2D eigenvalue weighted by Crippen LogP contribution is -2.55. The maximum Gasteiger partial charge on any atom is 0.324 e. The summed E-state index contributed by atoms with van der Waals surface area (Å²) in [5.74, 6) is -0.512. The lowest BCUT2D eigenvalue weighted by atomic mass is 9.84. The average Bonchev–Trinajstić information content (AvgIpc) is 2.80. The minimum absolute atomic E-state index is 0.110. The van der Waals surface area contributed by atoms with Gasteiger partial charge in [-0.1, -0.05) is 20.3 Å². The van der Waals surface area contributed by atoms with Gasteiger partial charge in [-0.3, -0.25) is 4.79 Å². The molecular formula is C16H31NO3. The Morgan fingerprint density at radius 3 is 2.70 bits per heavy atom. The second-order valence-corrected chi connectivity index (χ2v) is 6.54. The van der Waals surface area contributed by atoms with Gasteiger partial charge >= 0.3 is 5.97 Å². The Morgan fingerprint density at radius 1 is 1.45 bits per heavy atom. The number of ether oxygens (including phenoxy) is 1. The van der Waals surface area contributed by atoms with Crippen molar-refractivity contribution in [2.24, 2.45) is 5.92 Å². The van der Waals surface area contributed by atoms with Crippen LogP contribution in [0, 0.1) is 5.92 Å². The molecule has 0 spiro atoms. The highest BCUT2D eigenvalue weighted by Gasteiger charge is 2.48. The van der Waals surface area contributed by atoms with Gasteiger partial charge in [0.1, 0.15) is 5.54 Å². The zero-order chi connectivity index (χ0) is 15.2. The van der Waals surface area contributed by atoms with Crippen molar-refractivity contribution in [1.29, 1.82) is 0 Å². The molecular weight excluding hydrogens is 254 g/mol. The Morgan fingerprint density at radius 2 is 2.15 bits per heavy atom. The summed E-state index contributed by atoms with van der Waals surface area (Å²) in [5, 5.41) is 13.0. The number of carbonyl (C=O) groups is 1. The highest BCUT2D eigenvalue weighted by Crippen LogP contribution is 2.38. The molecule has 1 saturated carbocycles. The molecule has 0 aromatic rings. The van der Waals surface area contributed by atoms with Crippen molar-refractivity contribution < 1.29 is 14.6 Å². The van der Waals surface area contributed by atoms with E-state index in [9.17, 15) is 9.90 Å². The van der Waals surface area contributed by atoms with Gasteiger partial charge in [-0.25, -0.2) is 0 Å². The van der Waals surface area contributed by atoms with E-state index >= 15 is 0 Å². The normalized spacial score (nSPS) is 26.9. The molecule has 0 aromatic carbocycles. The number of carboxylic acid groups (broad SMARTS) is 1. The van der Waals surface area contributed by atoms with E-state index < -0.39 is 11.5 Å². The number of hydrogen-bond acceptors (Lipinski definition) is 3. The molecule has 0 aliphatic heterocycles. The van der Waals surface area contributed by atoms with E-state index in [0.717, 1.165) is 45.1 Å². The fourth-order valence-corrected chi connectivity index (χ4v) is 2.99. The van der Waals surface area contributed by atoms with Crippen molar-refractivity contribution in [2.75, 3.05) is 13.2 Å². The number of hydrogen-bond donors (Lipinski definition) is 2. The molecule has 2 unspecified atom stereocenters. The van der Waals surface area contributed by atoms with E-state index in [1.807, 2.05) is 0 Å². The van der Waals surface area contributed by atoms with Crippen molar-refractivity contribution >= 4 is 5.97 Å². The summed E-state index contributed by atoms with van der Waals surface area (Å²) in [6, 6.07) is 0. The Kier molecular flexibility index (Phi) is 6.46. The van der Waals surface area contributed by atoms with Crippen molar-refractivity contribution in [3.63, 3.8) is 0 Å². The summed E-state index contributed by atoms with van der Waals surface area (Å²) in [4.78, 5) is 11.8. The SMILES string of the molecule is CCCNC1(C(=O)O)CCCC1CCOC(C)(C)CC. The molecule has 0 heterocycles. The zero-order valence-electron chi connectivity index (χ0n) is 13.5. The van der Waals surface area contributed by atoms with Gasteiger partial charge in [0.2, 0.25) is 0 Å². The molecule has 1 aliphatic carbocycles. The maximum atomic E-state index is 11.8. The van der Waals surface area contributed by atoms with Crippen LogP contribution in [0.3, 0.4) is 0 Å². The highest BCUT2D eigenvalue weighted by atomic mass is 16.5. The average molecular weight is 285 g/mol. The number of aliphatic carboxylic acids is 1. The van der Waals surface area contributed by atoms with Gasteiger partial charge in [0, 0.05) is 6.61 Å². The fourth-order valence-electron chi connectivity index (χ4n) is 2.99. The Balaban J connectivity index is 2.60. The van der Waals surface area contributed by atoms with Crippen LogP contribution in [0.5, 0.6) is 0 Å². The maximum absolute atomic E-state index is 11.8. The number of rotatable bonds is 9. The molecule has 1 fully saturated rings. The molecule has 0 radical (unpaired) electrons. The van der Waals surface area contributed by atoms with Crippen molar-refractivity contribution in [2.45, 2.75) is 77.4 Å². The molecule has 20 heavy (non-hydrogen) atoms. The predicted octanol–water partition coefficient (Wildman–Crippen LogP) is 3.20. The molecule has 4 nitrogen and oxygen atoms in total. The molecule has 0 aromatic heterocycles. The van der Waals surface area contributed by atoms with Gasteiger partial charge in [-0.15, -0.1) is 0 Å². The smallest absolute Gasteiger partial charge is 0.324 e. The summed E-state index contributed by atoms with van der Waals surface area (Å²) in [7, 11) is 0. The third-order valence-electron chi connectivity index (χ3n) is 4.70. The van der Waals surface area contributed by atoms with Gasteiger partial charge in [0.05, 0.1) is 5.60 Å². The van der Waals surface area contributed by atoms with Crippen molar-refractivity contribution in [3.8, 4) is 0 Å². The van der Waals surface area contributed by atoms with Crippen LogP contribution in [-0.2, 0) is 9.53 Å². The van der Waals surface area contributed by atoms with Gasteiger partial charge in [0.15, 0.2) is 0 Å². The molecule has 0 saturated heterocycles. The van der Waals surface area contributed by atoms with E-state index in [1.165, 1.54) is 0 Å². The first-order valence-electron chi connectivity index (χ1n) is 8.00. The van der Waals surface area contributed by atoms with Crippen molar-refractivity contribution in [3.05, 3.63) is 0 Å². The molecule has 1 aliphatic rings. The quantitative estimate of drug-likeness (QED) is 0.683. The van der Waals surface area contributed by atoms with E-state index in [0.29, 0.717) is 6.61 Å². The van der Waals surface area contributed by atoms with Crippen LogP contribution in [0.15, 0.2) is 0 Å². The van der Waals surface area contributed by atoms with Gasteiger partial charge in [0.25, 0.3) is 0 Å². The highest BCUT2D eigenvalue weighted by molar-refractivity contribution is 5.79. The minimum Gasteiger partial charge on any atom is -0.480 e. The van der Waals surface area contributed by atoms with Gasteiger partial charge < -0.3 is 15.2 Å². The second kappa shape index (κ2) is 7.41. The monoisotopic (exact) mass is 285 g/mol. The molecule has 0 amide bonds. The van der Waals surface area contributed by atoms with Crippen LogP contribution in [0.2, 0.25) is 0 Å². The van der Waals surface area contributed by atoms with Crippen LogP contribution < -0.4 is 5.32 Å². The first-order valence-corrected chi connectivity index (χ1v) is 8.00. The summed E-state index contributed by atoms with van der Waals surface area (Å²) < 4.78 is 5.90. The predicted molar refractivity (Wildman–Crippen MR) is 80.9 cm³/mol. The lowest BCUT2D eigenvalue weighted by Gasteiger charge is -2.33. The molecule has 2 N–H and O–H groups in total. The zero-order valence-corrected chi connectivity index (χ0v) is 13.5. The first-order chi connectivity index (χ1) is 9.38. The van der Waals surface area contributed by atoms with Gasteiger partial charge in [-0.2, -0.15) is 0 Å². The summed E-state index contributed by atoms with van der Waals surface area (Å²) >= 11 is 0. The van der Waals surface area contributed by atoms with Crippen molar-refractivity contribution in [1.82, 2.24) is 5.32 Å². The number of nitrogens with one attached hydrogen (secondary N) is 1. The third kappa shape index (κ3) is 4.19. The van der Waals surface area contributed by atoms with Crippen LogP contribution in [0.4, 0.5) is 0 Å². The Hall–Kier alpha value is -0.610. The topological polar surface area (TPSA) is 58.6 Å². The number of carboxylic acids is 1. The summed E-state index contributed by atoms with van der Waals surface area (Å²) in [6.07, 6.45) is 5.47. The largest absolute Gasteiger partial charge is 0.480 e. The van der Waals surface area contributed by atoms with E-state index in [4.69, 9.17) is 4.74 Å². The third-order valence-corrected chi connectivity index (χ3v) is 4.70. The lowest BCUT2D eigenvalue weighted by molar-refractivity contribution is -0.147. The minimum atomic E-state index is -0.726. The van der Waals surface area contributed by atoms with Crippen LogP contribution in [0.1, 0.15) is 66.2 Å². The fraction of sp³-hybridized carbons (Fsp3) is 0.938. The van der Waals surface area contributed by atoms with Crippen LogP contribution >= 0.6 is 0 Å². The van der Waals surface area contributed by atoms with E-state index in [2.05, 4.69) is 33.0 Å².